The first-order valence-electron chi connectivity index (χ1n) is 9.08. The Morgan fingerprint density at radius 1 is 1.10 bits per heavy atom. The molecule has 0 radical (unpaired) electrons. The first-order chi connectivity index (χ1) is 14.0. The Balaban J connectivity index is 1.77. The quantitative estimate of drug-likeness (QED) is 0.401. The highest BCUT2D eigenvalue weighted by Gasteiger charge is 2.15. The number of rotatable bonds is 4. The normalized spacial score (nSPS) is 10.9. The lowest BCUT2D eigenvalue weighted by atomic mass is 10.1. The number of fused-ring (bicyclic) bond motifs is 1. The number of phenols is 1. The molecule has 7 heteroatoms. The van der Waals surface area contributed by atoms with Crippen LogP contribution in [0.15, 0.2) is 54.6 Å². The first kappa shape index (κ1) is 18.5. The number of hydrogen-bond acceptors (Lipinski definition) is 6. The smallest absolute Gasteiger partial charge is 0.337 e. The number of aromatic hydroxyl groups is 1. The number of esters is 1. The van der Waals surface area contributed by atoms with Gasteiger partial charge in [-0.1, -0.05) is 18.2 Å². The van der Waals surface area contributed by atoms with Gasteiger partial charge in [-0.05, 0) is 55.8 Å². The van der Waals surface area contributed by atoms with E-state index in [-0.39, 0.29) is 11.3 Å². The topological polar surface area (TPSA) is 89.3 Å². The van der Waals surface area contributed by atoms with E-state index in [4.69, 9.17) is 4.98 Å². The number of anilines is 2. The molecule has 0 amide bonds. The summed E-state index contributed by atoms with van der Waals surface area (Å²) in [7, 11) is 1.30. The van der Waals surface area contributed by atoms with Crippen LogP contribution in [0.3, 0.4) is 0 Å². The lowest BCUT2D eigenvalue weighted by molar-refractivity contribution is 0.0600. The Kier molecular flexibility index (Phi) is 4.64. The van der Waals surface area contributed by atoms with Gasteiger partial charge in [0, 0.05) is 5.39 Å². The largest absolute Gasteiger partial charge is 0.506 e. The van der Waals surface area contributed by atoms with Crippen molar-refractivity contribution in [1.29, 1.82) is 0 Å². The van der Waals surface area contributed by atoms with Crippen molar-refractivity contribution in [2.45, 2.75) is 13.8 Å². The molecular formula is C22H20N4O3. The Morgan fingerprint density at radius 2 is 1.86 bits per heavy atom. The van der Waals surface area contributed by atoms with E-state index in [1.165, 1.54) is 13.2 Å². The molecule has 2 aromatic carbocycles. The number of carbonyl (C=O) groups is 1. The van der Waals surface area contributed by atoms with Crippen molar-refractivity contribution in [1.82, 2.24) is 14.8 Å². The van der Waals surface area contributed by atoms with E-state index in [0.717, 1.165) is 28.0 Å². The number of benzene rings is 2. The summed E-state index contributed by atoms with van der Waals surface area (Å²) in [6, 6.07) is 16.3. The van der Waals surface area contributed by atoms with Crippen molar-refractivity contribution in [2.75, 3.05) is 12.4 Å². The minimum atomic E-state index is -0.510. The number of nitrogens with one attached hydrogen (secondary N) is 1. The summed E-state index contributed by atoms with van der Waals surface area (Å²) >= 11 is 0. The van der Waals surface area contributed by atoms with Gasteiger partial charge in [-0.2, -0.15) is 5.10 Å². The van der Waals surface area contributed by atoms with Crippen LogP contribution in [0, 0.1) is 13.8 Å². The molecule has 0 saturated carbocycles. The van der Waals surface area contributed by atoms with E-state index in [0.29, 0.717) is 11.5 Å². The van der Waals surface area contributed by atoms with Crippen molar-refractivity contribution in [2.24, 2.45) is 0 Å². The highest BCUT2D eigenvalue weighted by Crippen LogP contribution is 2.30. The molecule has 0 bridgehead atoms. The van der Waals surface area contributed by atoms with E-state index in [9.17, 15) is 9.90 Å². The lowest BCUT2D eigenvalue weighted by Crippen LogP contribution is -2.02. The zero-order valence-electron chi connectivity index (χ0n) is 16.3. The Hall–Kier alpha value is -3.87. The van der Waals surface area contributed by atoms with E-state index in [1.807, 2.05) is 54.9 Å². The maximum atomic E-state index is 11.6. The molecule has 4 aromatic rings. The van der Waals surface area contributed by atoms with Gasteiger partial charge in [-0.15, -0.1) is 0 Å². The van der Waals surface area contributed by atoms with E-state index >= 15 is 0 Å². The third kappa shape index (κ3) is 3.38. The molecule has 146 valence electrons. The SMILES string of the molecule is COC(=O)c1ccc(Nc2cc(C)c3c(C)nn(-c4ccccc4)c3n2)c(O)c1. The molecule has 0 aliphatic carbocycles. The van der Waals surface area contributed by atoms with Gasteiger partial charge in [0.15, 0.2) is 5.65 Å². The van der Waals surface area contributed by atoms with Gasteiger partial charge in [-0.3, -0.25) is 0 Å². The first-order valence-corrected chi connectivity index (χ1v) is 9.08. The zero-order chi connectivity index (χ0) is 20.5. The third-order valence-electron chi connectivity index (χ3n) is 4.69. The van der Waals surface area contributed by atoms with Crippen molar-refractivity contribution in [3.63, 3.8) is 0 Å². The molecule has 0 spiro atoms. The average molecular weight is 388 g/mol. The summed E-state index contributed by atoms with van der Waals surface area (Å²) < 4.78 is 6.49. The summed E-state index contributed by atoms with van der Waals surface area (Å²) in [6.07, 6.45) is 0. The number of methoxy groups -OCH3 is 1. The lowest BCUT2D eigenvalue weighted by Gasteiger charge is -2.11. The average Bonchev–Trinajstić information content (AvgIpc) is 3.06. The second-order valence-electron chi connectivity index (χ2n) is 6.70. The molecule has 0 saturated heterocycles. The molecule has 4 rings (SSSR count). The number of nitrogens with zero attached hydrogens (tertiary/aromatic N) is 3. The fourth-order valence-electron chi connectivity index (χ4n) is 3.34. The van der Waals surface area contributed by atoms with E-state index in [2.05, 4.69) is 15.2 Å². The molecule has 7 nitrogen and oxygen atoms in total. The van der Waals surface area contributed by atoms with Crippen LogP contribution < -0.4 is 5.32 Å². The molecule has 0 aliphatic heterocycles. The molecule has 2 heterocycles. The zero-order valence-corrected chi connectivity index (χ0v) is 16.3. The van der Waals surface area contributed by atoms with Gasteiger partial charge < -0.3 is 15.2 Å². The van der Waals surface area contributed by atoms with Gasteiger partial charge in [0.2, 0.25) is 0 Å². The Morgan fingerprint density at radius 3 is 2.55 bits per heavy atom. The predicted molar refractivity (Wildman–Crippen MR) is 111 cm³/mol. The highest BCUT2D eigenvalue weighted by atomic mass is 16.5. The number of hydrogen-bond donors (Lipinski definition) is 2. The monoisotopic (exact) mass is 388 g/mol. The minimum absolute atomic E-state index is 0.0693. The molecule has 2 N–H and O–H groups in total. The highest BCUT2D eigenvalue weighted by molar-refractivity contribution is 5.91. The maximum Gasteiger partial charge on any atom is 0.337 e. The number of ether oxygens (including phenoxy) is 1. The number of phenolic OH excluding ortho intramolecular Hbond substituents is 1. The maximum absolute atomic E-state index is 11.6. The Bertz CT molecular complexity index is 1220. The summed E-state index contributed by atoms with van der Waals surface area (Å²) in [6.45, 7) is 3.96. The number of aryl methyl sites for hydroxylation is 2. The van der Waals surface area contributed by atoms with Crippen LogP contribution in [0.2, 0.25) is 0 Å². The second-order valence-corrected chi connectivity index (χ2v) is 6.70. The van der Waals surface area contributed by atoms with Gasteiger partial charge in [0.25, 0.3) is 0 Å². The van der Waals surface area contributed by atoms with Crippen LogP contribution in [-0.2, 0) is 4.74 Å². The van der Waals surface area contributed by atoms with Crippen molar-refractivity contribution in [3.8, 4) is 11.4 Å². The molecule has 29 heavy (non-hydrogen) atoms. The number of carbonyl (C=O) groups excluding carboxylic acids is 1. The van der Waals surface area contributed by atoms with Gasteiger partial charge in [0.1, 0.15) is 11.6 Å². The fraction of sp³-hybridized carbons (Fsp3) is 0.136. The molecule has 0 unspecified atom stereocenters. The van der Waals surface area contributed by atoms with Gasteiger partial charge >= 0.3 is 5.97 Å². The number of pyridine rings is 1. The minimum Gasteiger partial charge on any atom is -0.506 e. The number of aromatic nitrogens is 3. The van der Waals surface area contributed by atoms with Crippen LogP contribution in [0.5, 0.6) is 5.75 Å². The van der Waals surface area contributed by atoms with E-state index < -0.39 is 5.97 Å². The van der Waals surface area contributed by atoms with Crippen molar-refractivity contribution < 1.29 is 14.6 Å². The molecule has 0 aliphatic rings. The molecule has 0 atom stereocenters. The molecule has 0 fully saturated rings. The fourth-order valence-corrected chi connectivity index (χ4v) is 3.34. The summed E-state index contributed by atoms with van der Waals surface area (Å²) in [5.41, 5.74) is 4.26. The van der Waals surface area contributed by atoms with E-state index in [1.54, 1.807) is 12.1 Å². The van der Waals surface area contributed by atoms with Crippen LogP contribution >= 0.6 is 0 Å². The van der Waals surface area contributed by atoms with Crippen molar-refractivity contribution in [3.05, 3.63) is 71.4 Å². The van der Waals surface area contributed by atoms with Crippen LogP contribution in [0.1, 0.15) is 21.6 Å². The summed E-state index contributed by atoms with van der Waals surface area (Å²) in [5, 5.41) is 19.1. The van der Waals surface area contributed by atoms with Gasteiger partial charge in [-0.25, -0.2) is 14.5 Å². The predicted octanol–water partition coefficient (Wildman–Crippen LogP) is 4.27. The van der Waals surface area contributed by atoms with Crippen molar-refractivity contribution >= 4 is 28.5 Å². The van der Waals surface area contributed by atoms with Crippen LogP contribution in [0.4, 0.5) is 11.5 Å². The molecule has 2 aromatic heterocycles. The van der Waals surface area contributed by atoms with Gasteiger partial charge in [0.05, 0.1) is 29.7 Å². The third-order valence-corrected chi connectivity index (χ3v) is 4.69. The number of para-hydroxylation sites is 1. The standard InChI is InChI=1S/C22H20N4O3/c1-13-11-19(23-17-10-9-15(12-18(17)27)22(28)29-3)24-21-20(13)14(2)25-26(21)16-7-5-4-6-8-16/h4-12,27H,1-3H3,(H,23,24). The summed E-state index contributed by atoms with van der Waals surface area (Å²) in [5.74, 6) is -0.0159. The summed E-state index contributed by atoms with van der Waals surface area (Å²) in [4.78, 5) is 16.4. The van der Waals surface area contributed by atoms with Crippen LogP contribution in [0.25, 0.3) is 16.7 Å². The second kappa shape index (κ2) is 7.27. The Labute approximate surface area is 167 Å². The molecular weight excluding hydrogens is 368 g/mol. The van der Waals surface area contributed by atoms with Crippen LogP contribution in [-0.4, -0.2) is 33.0 Å².